The summed E-state index contributed by atoms with van der Waals surface area (Å²) in [5.41, 5.74) is 0.745. The molecule has 6 nitrogen and oxygen atoms in total. The van der Waals surface area contributed by atoms with Gasteiger partial charge in [0.2, 0.25) is 0 Å². The number of hydrogen-bond donors (Lipinski definition) is 0. The first kappa shape index (κ1) is 18.2. The molecule has 4 rings (SSSR count). The van der Waals surface area contributed by atoms with E-state index < -0.39 is 15.9 Å². The predicted molar refractivity (Wildman–Crippen MR) is 102 cm³/mol. The van der Waals surface area contributed by atoms with Crippen LogP contribution >= 0.6 is 11.3 Å². The maximum Gasteiger partial charge on any atom is 0.310 e. The highest BCUT2D eigenvalue weighted by Crippen LogP contribution is 2.27. The van der Waals surface area contributed by atoms with Crippen LogP contribution in [0.25, 0.3) is 11.0 Å². The van der Waals surface area contributed by atoms with Gasteiger partial charge >= 0.3 is 5.97 Å². The van der Waals surface area contributed by atoms with E-state index in [1.165, 1.54) is 15.6 Å². The highest BCUT2D eigenvalue weighted by atomic mass is 32.2. The highest BCUT2D eigenvalue weighted by molar-refractivity contribution is 7.91. The minimum atomic E-state index is -3.54. The van der Waals surface area contributed by atoms with Crippen molar-refractivity contribution in [3.05, 3.63) is 53.6 Å². The molecule has 0 radical (unpaired) electrons. The summed E-state index contributed by atoms with van der Waals surface area (Å²) in [6.07, 6.45) is 1.25. The Morgan fingerprint density at radius 1 is 1.26 bits per heavy atom. The summed E-state index contributed by atoms with van der Waals surface area (Å²) in [5.74, 6) is -0.275. The van der Waals surface area contributed by atoms with E-state index in [9.17, 15) is 13.2 Å². The lowest BCUT2D eigenvalue weighted by Gasteiger charge is -2.30. The number of fused-ring (bicyclic) bond motifs is 1. The van der Waals surface area contributed by atoms with Gasteiger partial charge in [-0.3, -0.25) is 4.79 Å². The lowest BCUT2D eigenvalue weighted by molar-refractivity contribution is -0.151. The fourth-order valence-electron chi connectivity index (χ4n) is 3.26. The number of sulfonamides is 1. The van der Waals surface area contributed by atoms with Crippen LogP contribution in [0.2, 0.25) is 0 Å². The zero-order chi connectivity index (χ0) is 18.9. The van der Waals surface area contributed by atoms with Crippen LogP contribution in [-0.4, -0.2) is 31.8 Å². The van der Waals surface area contributed by atoms with Crippen LogP contribution in [0.3, 0.4) is 0 Å². The van der Waals surface area contributed by atoms with Crippen molar-refractivity contribution in [1.82, 2.24) is 4.31 Å². The Balaban J connectivity index is 1.40. The Labute approximate surface area is 161 Å². The molecule has 1 aliphatic heterocycles. The van der Waals surface area contributed by atoms with Gasteiger partial charge in [-0.05, 0) is 36.4 Å². The summed E-state index contributed by atoms with van der Waals surface area (Å²) in [7, 11) is -3.54. The Hall–Kier alpha value is -2.16. The SMILES string of the molecule is O=C(OCc1cc2ccccc2o1)C1CCCN(S(=O)(=O)c2cccs2)C1. The van der Waals surface area contributed by atoms with E-state index in [1.54, 1.807) is 17.5 Å². The van der Waals surface area contributed by atoms with E-state index in [2.05, 4.69) is 0 Å². The number of carbonyl (C=O) groups excluding carboxylic acids is 1. The number of carbonyl (C=O) groups is 1. The summed E-state index contributed by atoms with van der Waals surface area (Å²) < 4.78 is 38.1. The first-order valence-electron chi connectivity index (χ1n) is 8.72. The predicted octanol–water partition coefficient (Wildman–Crippen LogP) is 3.64. The van der Waals surface area contributed by atoms with Gasteiger partial charge in [-0.15, -0.1) is 11.3 Å². The Morgan fingerprint density at radius 3 is 2.89 bits per heavy atom. The number of rotatable bonds is 5. The molecule has 0 aliphatic carbocycles. The van der Waals surface area contributed by atoms with Crippen molar-refractivity contribution in [2.24, 2.45) is 5.92 Å². The maximum atomic E-state index is 12.7. The second-order valence-electron chi connectivity index (χ2n) is 6.49. The fraction of sp³-hybridized carbons (Fsp3) is 0.316. The molecule has 2 aromatic heterocycles. The zero-order valence-electron chi connectivity index (χ0n) is 14.5. The van der Waals surface area contributed by atoms with Crippen molar-refractivity contribution in [2.45, 2.75) is 23.7 Å². The normalized spacial score (nSPS) is 18.6. The monoisotopic (exact) mass is 405 g/mol. The van der Waals surface area contributed by atoms with Crippen LogP contribution < -0.4 is 0 Å². The van der Waals surface area contributed by atoms with Gasteiger partial charge in [0.05, 0.1) is 5.92 Å². The second kappa shape index (κ2) is 7.46. The fourth-order valence-corrected chi connectivity index (χ4v) is 5.93. The number of furan rings is 1. The quantitative estimate of drug-likeness (QED) is 0.606. The number of ether oxygens (including phenoxy) is 1. The highest BCUT2D eigenvalue weighted by Gasteiger charge is 2.34. The molecule has 1 saturated heterocycles. The minimum Gasteiger partial charge on any atom is -0.457 e. The van der Waals surface area contributed by atoms with Crippen LogP contribution in [0.4, 0.5) is 0 Å². The van der Waals surface area contributed by atoms with Gasteiger partial charge < -0.3 is 9.15 Å². The third kappa shape index (κ3) is 3.78. The Kier molecular flexibility index (Phi) is 5.03. The van der Waals surface area contributed by atoms with Crippen LogP contribution in [-0.2, 0) is 26.2 Å². The zero-order valence-corrected chi connectivity index (χ0v) is 16.2. The standard InChI is InChI=1S/C19H19NO5S2/c21-19(24-13-16-11-14-5-1-2-7-17(14)25-16)15-6-3-9-20(12-15)27(22,23)18-8-4-10-26-18/h1-2,4-5,7-8,10-11,15H,3,6,9,12-13H2. The van der Waals surface area contributed by atoms with Gasteiger partial charge in [0.25, 0.3) is 10.0 Å². The van der Waals surface area contributed by atoms with Crippen LogP contribution in [0, 0.1) is 5.92 Å². The van der Waals surface area contributed by atoms with Gasteiger partial charge in [-0.2, -0.15) is 4.31 Å². The Bertz CT molecular complexity index is 1010. The van der Waals surface area contributed by atoms with Crippen molar-refractivity contribution in [2.75, 3.05) is 13.1 Å². The maximum absolute atomic E-state index is 12.7. The van der Waals surface area contributed by atoms with Crippen LogP contribution in [0.15, 0.2) is 56.5 Å². The lowest BCUT2D eigenvalue weighted by atomic mass is 10.00. The molecule has 1 fully saturated rings. The van der Waals surface area contributed by atoms with E-state index in [4.69, 9.17) is 9.15 Å². The molecule has 0 N–H and O–H groups in total. The molecular formula is C19H19NO5S2. The molecule has 1 aliphatic rings. The number of para-hydroxylation sites is 1. The van der Waals surface area contributed by atoms with Crippen LogP contribution in [0.5, 0.6) is 0 Å². The third-order valence-corrected chi connectivity index (χ3v) is 7.88. The molecule has 27 heavy (non-hydrogen) atoms. The van der Waals surface area contributed by atoms with Gasteiger partial charge in [0, 0.05) is 18.5 Å². The smallest absolute Gasteiger partial charge is 0.310 e. The van der Waals surface area contributed by atoms with Crippen molar-refractivity contribution >= 4 is 38.3 Å². The molecule has 1 atom stereocenters. The number of thiophene rings is 1. The summed E-state index contributed by atoms with van der Waals surface area (Å²) >= 11 is 1.18. The molecule has 1 unspecified atom stereocenters. The molecule has 8 heteroatoms. The van der Waals surface area contributed by atoms with Crippen molar-refractivity contribution in [3.63, 3.8) is 0 Å². The first-order valence-corrected chi connectivity index (χ1v) is 11.0. The van der Waals surface area contributed by atoms with Crippen molar-refractivity contribution < 1.29 is 22.4 Å². The van der Waals surface area contributed by atoms with Gasteiger partial charge in [0.1, 0.15) is 22.2 Å². The van der Waals surface area contributed by atoms with E-state index in [-0.39, 0.29) is 19.1 Å². The van der Waals surface area contributed by atoms with Gasteiger partial charge in [-0.1, -0.05) is 24.3 Å². The van der Waals surface area contributed by atoms with Gasteiger partial charge in [-0.25, -0.2) is 8.42 Å². The summed E-state index contributed by atoms with van der Waals surface area (Å²) in [6.45, 7) is 0.620. The molecular weight excluding hydrogens is 386 g/mol. The first-order chi connectivity index (χ1) is 13.0. The molecule has 142 valence electrons. The average molecular weight is 405 g/mol. The topological polar surface area (TPSA) is 76.8 Å². The number of hydrogen-bond acceptors (Lipinski definition) is 6. The summed E-state index contributed by atoms with van der Waals surface area (Å²) in [5, 5.41) is 2.69. The number of esters is 1. The second-order valence-corrected chi connectivity index (χ2v) is 9.61. The van der Waals surface area contributed by atoms with Gasteiger partial charge in [0.15, 0.2) is 0 Å². The minimum absolute atomic E-state index is 0.0433. The Morgan fingerprint density at radius 2 is 2.11 bits per heavy atom. The molecule has 0 spiro atoms. The van der Waals surface area contributed by atoms with Crippen molar-refractivity contribution in [3.8, 4) is 0 Å². The summed E-state index contributed by atoms with van der Waals surface area (Å²) in [4.78, 5) is 12.5. The number of piperidine rings is 1. The summed E-state index contributed by atoms with van der Waals surface area (Å²) in [6, 6.07) is 12.7. The van der Waals surface area contributed by atoms with Crippen molar-refractivity contribution in [1.29, 1.82) is 0 Å². The molecule has 0 bridgehead atoms. The van der Waals surface area contributed by atoms with E-state index >= 15 is 0 Å². The van der Waals surface area contributed by atoms with E-state index in [1.807, 2.05) is 30.3 Å². The number of benzene rings is 1. The molecule has 3 aromatic rings. The molecule has 1 aromatic carbocycles. The molecule has 0 saturated carbocycles. The molecule has 0 amide bonds. The van der Waals surface area contributed by atoms with Crippen LogP contribution in [0.1, 0.15) is 18.6 Å². The van der Waals surface area contributed by atoms with E-state index in [0.717, 1.165) is 11.0 Å². The number of nitrogens with zero attached hydrogens (tertiary/aromatic N) is 1. The lowest BCUT2D eigenvalue weighted by Crippen LogP contribution is -2.42. The third-order valence-electron chi connectivity index (χ3n) is 4.64. The molecule has 3 heterocycles. The average Bonchev–Trinajstić information content (AvgIpc) is 3.36. The largest absolute Gasteiger partial charge is 0.457 e. The van der Waals surface area contributed by atoms with E-state index in [0.29, 0.717) is 29.4 Å².